The van der Waals surface area contributed by atoms with E-state index in [-0.39, 0.29) is 12.4 Å². The molecule has 2 aromatic rings. The van der Waals surface area contributed by atoms with Crippen molar-refractivity contribution >= 4 is 18.1 Å². The smallest absolute Gasteiger partial charge is 0.172 e. The van der Waals surface area contributed by atoms with Crippen LogP contribution in [0, 0.1) is 0 Å². The fourth-order valence-corrected chi connectivity index (χ4v) is 1.33. The van der Waals surface area contributed by atoms with E-state index < -0.39 is 0 Å². The molecule has 0 aliphatic rings. The van der Waals surface area contributed by atoms with Crippen LogP contribution in [0.2, 0.25) is 0 Å². The van der Waals surface area contributed by atoms with Crippen molar-refractivity contribution < 1.29 is 0 Å². The van der Waals surface area contributed by atoms with Crippen molar-refractivity contribution in [2.45, 2.75) is 26.4 Å². The predicted molar refractivity (Wildman–Crippen MR) is 61.1 cm³/mol. The number of anilines is 1. The van der Waals surface area contributed by atoms with Gasteiger partial charge in [-0.1, -0.05) is 6.92 Å². The van der Waals surface area contributed by atoms with Crippen LogP contribution >= 0.6 is 12.4 Å². The van der Waals surface area contributed by atoms with Gasteiger partial charge in [-0.25, -0.2) is 4.68 Å². The maximum atomic E-state index is 5.56. The van der Waals surface area contributed by atoms with Crippen LogP contribution < -0.4 is 5.73 Å². The zero-order valence-corrected chi connectivity index (χ0v) is 9.76. The summed E-state index contributed by atoms with van der Waals surface area (Å²) in [5.74, 6) is 0.792. The molecule has 0 unspecified atom stereocenters. The third-order valence-corrected chi connectivity index (χ3v) is 2.00. The zero-order valence-electron chi connectivity index (χ0n) is 8.94. The van der Waals surface area contributed by atoms with Crippen molar-refractivity contribution in [1.29, 1.82) is 0 Å². The highest BCUT2D eigenvalue weighted by Crippen LogP contribution is 2.01. The summed E-state index contributed by atoms with van der Waals surface area (Å²) in [7, 11) is 0. The molecule has 0 radical (unpaired) electrons. The summed E-state index contributed by atoms with van der Waals surface area (Å²) in [5.41, 5.74) is 6.21. The number of aromatic nitrogens is 6. The zero-order chi connectivity index (χ0) is 10.7. The summed E-state index contributed by atoms with van der Waals surface area (Å²) in [6.45, 7) is 3.45. The lowest BCUT2D eigenvalue weighted by molar-refractivity contribution is 0.532. The summed E-state index contributed by atoms with van der Waals surface area (Å²) in [6, 6.07) is 0. The molecule has 0 saturated heterocycles. The number of rotatable bonds is 4. The molecule has 0 saturated carbocycles. The number of nitrogen functional groups attached to an aromatic ring is 1. The number of hydrogen-bond acceptors (Lipinski definition) is 5. The summed E-state index contributed by atoms with van der Waals surface area (Å²) in [4.78, 5) is 0. The molecule has 7 nitrogen and oxygen atoms in total. The number of tetrazole rings is 1. The van der Waals surface area contributed by atoms with Gasteiger partial charge in [-0.15, -0.1) is 17.5 Å². The molecule has 8 heteroatoms. The average molecular weight is 244 g/mol. The molecule has 0 bridgehead atoms. The van der Waals surface area contributed by atoms with Crippen molar-refractivity contribution in [1.82, 2.24) is 30.0 Å². The minimum Gasteiger partial charge on any atom is -0.396 e. The molecule has 0 amide bonds. The Morgan fingerprint density at radius 1 is 1.44 bits per heavy atom. The van der Waals surface area contributed by atoms with Gasteiger partial charge in [0.15, 0.2) is 5.82 Å². The average Bonchev–Trinajstić information content (AvgIpc) is 2.78. The molecule has 0 aliphatic carbocycles. The second-order valence-electron chi connectivity index (χ2n) is 3.29. The van der Waals surface area contributed by atoms with E-state index in [0.29, 0.717) is 12.2 Å². The second-order valence-corrected chi connectivity index (χ2v) is 3.29. The Morgan fingerprint density at radius 2 is 2.25 bits per heavy atom. The first-order valence-electron chi connectivity index (χ1n) is 4.82. The van der Waals surface area contributed by atoms with Crippen LogP contribution in [0.4, 0.5) is 5.69 Å². The Labute approximate surface area is 99.0 Å². The van der Waals surface area contributed by atoms with E-state index in [1.807, 2.05) is 0 Å². The molecule has 0 aliphatic heterocycles. The number of aryl methyl sites for hydroxylation is 1. The SMILES string of the molecule is CCCn1nnnc1Cn1cc(N)cn1.Cl. The first kappa shape index (κ1) is 12.4. The Kier molecular flexibility index (Phi) is 4.24. The number of hydrogen-bond donors (Lipinski definition) is 1. The molecule has 2 rings (SSSR count). The van der Waals surface area contributed by atoms with E-state index in [0.717, 1.165) is 18.8 Å². The molecule has 0 atom stereocenters. The molecule has 0 aromatic carbocycles. The van der Waals surface area contributed by atoms with E-state index in [1.54, 1.807) is 21.8 Å². The molecule has 16 heavy (non-hydrogen) atoms. The minimum absolute atomic E-state index is 0. The third-order valence-electron chi connectivity index (χ3n) is 2.00. The number of halogens is 1. The van der Waals surface area contributed by atoms with Gasteiger partial charge in [0.05, 0.1) is 11.9 Å². The van der Waals surface area contributed by atoms with E-state index in [1.165, 1.54) is 0 Å². The van der Waals surface area contributed by atoms with Crippen LogP contribution in [0.1, 0.15) is 19.2 Å². The van der Waals surface area contributed by atoms with Crippen molar-refractivity contribution in [3.8, 4) is 0 Å². The summed E-state index contributed by atoms with van der Waals surface area (Å²) in [5, 5.41) is 15.5. The molecule has 0 spiro atoms. The van der Waals surface area contributed by atoms with Crippen LogP contribution in [0.25, 0.3) is 0 Å². The maximum absolute atomic E-state index is 5.56. The standard InChI is InChI=1S/C8H13N7.ClH/c1-2-3-15-8(11-12-13-15)6-14-5-7(9)4-10-14;/h4-5H,2-3,6,9H2,1H3;1H. The van der Waals surface area contributed by atoms with Crippen LogP contribution in [-0.2, 0) is 13.1 Å². The third kappa shape index (κ3) is 2.69. The molecule has 88 valence electrons. The van der Waals surface area contributed by atoms with Gasteiger partial charge in [0, 0.05) is 12.7 Å². The molecular formula is C8H14ClN7. The Bertz CT molecular complexity index is 435. The quantitative estimate of drug-likeness (QED) is 0.836. The monoisotopic (exact) mass is 243 g/mol. The fourth-order valence-electron chi connectivity index (χ4n) is 1.33. The highest BCUT2D eigenvalue weighted by Gasteiger charge is 2.06. The van der Waals surface area contributed by atoms with Crippen molar-refractivity contribution in [3.63, 3.8) is 0 Å². The van der Waals surface area contributed by atoms with Gasteiger partial charge in [0.1, 0.15) is 6.54 Å². The molecule has 2 heterocycles. The highest BCUT2D eigenvalue weighted by atomic mass is 35.5. The fraction of sp³-hybridized carbons (Fsp3) is 0.500. The first-order valence-corrected chi connectivity index (χ1v) is 4.82. The predicted octanol–water partition coefficient (Wildman–Crippen LogP) is 0.332. The van der Waals surface area contributed by atoms with E-state index in [9.17, 15) is 0 Å². The second kappa shape index (κ2) is 5.45. The van der Waals surface area contributed by atoms with Gasteiger partial charge in [-0.05, 0) is 16.8 Å². The molecule has 0 fully saturated rings. The normalized spacial score (nSPS) is 10.1. The maximum Gasteiger partial charge on any atom is 0.172 e. The molecule has 2 aromatic heterocycles. The Morgan fingerprint density at radius 3 is 2.88 bits per heavy atom. The largest absolute Gasteiger partial charge is 0.396 e. The van der Waals surface area contributed by atoms with Crippen molar-refractivity contribution in [2.24, 2.45) is 0 Å². The number of nitrogens with two attached hydrogens (primary N) is 1. The minimum atomic E-state index is 0. The topological polar surface area (TPSA) is 87.4 Å². The molecular weight excluding hydrogens is 230 g/mol. The van der Waals surface area contributed by atoms with Crippen LogP contribution in [0.15, 0.2) is 12.4 Å². The van der Waals surface area contributed by atoms with Gasteiger partial charge in [0.2, 0.25) is 0 Å². The van der Waals surface area contributed by atoms with Crippen molar-refractivity contribution in [2.75, 3.05) is 5.73 Å². The summed E-state index contributed by atoms with van der Waals surface area (Å²) >= 11 is 0. The van der Waals surface area contributed by atoms with Gasteiger partial charge in [0.25, 0.3) is 0 Å². The van der Waals surface area contributed by atoms with E-state index in [2.05, 4.69) is 27.5 Å². The lowest BCUT2D eigenvalue weighted by atomic mass is 10.5. The Hall–Kier alpha value is -1.63. The van der Waals surface area contributed by atoms with Crippen molar-refractivity contribution in [3.05, 3.63) is 18.2 Å². The number of nitrogens with zero attached hydrogens (tertiary/aromatic N) is 6. The van der Waals surface area contributed by atoms with Gasteiger partial charge < -0.3 is 5.73 Å². The van der Waals surface area contributed by atoms with E-state index >= 15 is 0 Å². The summed E-state index contributed by atoms with van der Waals surface area (Å²) in [6.07, 6.45) is 4.36. The van der Waals surface area contributed by atoms with E-state index in [4.69, 9.17) is 5.73 Å². The molecule has 2 N–H and O–H groups in total. The van der Waals surface area contributed by atoms with Gasteiger partial charge in [-0.2, -0.15) is 5.10 Å². The van der Waals surface area contributed by atoms with Crippen LogP contribution in [-0.4, -0.2) is 30.0 Å². The highest BCUT2D eigenvalue weighted by molar-refractivity contribution is 5.85. The lowest BCUT2D eigenvalue weighted by Crippen LogP contribution is -2.10. The summed E-state index contributed by atoms with van der Waals surface area (Å²) < 4.78 is 3.49. The van der Waals surface area contributed by atoms with Gasteiger partial charge in [-0.3, -0.25) is 4.68 Å². The van der Waals surface area contributed by atoms with Crippen LogP contribution in [0.3, 0.4) is 0 Å². The van der Waals surface area contributed by atoms with Gasteiger partial charge >= 0.3 is 0 Å². The van der Waals surface area contributed by atoms with Crippen LogP contribution in [0.5, 0.6) is 0 Å². The first-order chi connectivity index (χ1) is 7.29. The Balaban J connectivity index is 0.00000128. The lowest BCUT2D eigenvalue weighted by Gasteiger charge is -2.02.